The summed E-state index contributed by atoms with van der Waals surface area (Å²) in [6.07, 6.45) is 0.434. The Balaban J connectivity index is 1.78. The summed E-state index contributed by atoms with van der Waals surface area (Å²) in [6, 6.07) is 6.23. The lowest BCUT2D eigenvalue weighted by Gasteiger charge is -2.28. The van der Waals surface area contributed by atoms with Gasteiger partial charge in [-0.05, 0) is 36.2 Å². The molecule has 0 fully saturated rings. The molecule has 0 aliphatic carbocycles. The van der Waals surface area contributed by atoms with E-state index in [-0.39, 0.29) is 36.0 Å². The van der Waals surface area contributed by atoms with Crippen molar-refractivity contribution in [1.82, 2.24) is 4.90 Å². The van der Waals surface area contributed by atoms with Crippen molar-refractivity contribution >= 4 is 17.8 Å². The van der Waals surface area contributed by atoms with Gasteiger partial charge in [0.25, 0.3) is 11.8 Å². The second kappa shape index (κ2) is 7.58. The number of fused-ring (bicyclic) bond motifs is 2. The Bertz CT molecular complexity index is 1060. The number of carbonyl (C=O) groups excluding carboxylic acids is 3. The Kier molecular flexibility index (Phi) is 4.94. The van der Waals surface area contributed by atoms with E-state index in [2.05, 4.69) is 0 Å². The van der Waals surface area contributed by atoms with Gasteiger partial charge in [0.15, 0.2) is 23.0 Å². The molecule has 0 unspecified atom stereocenters. The third-order valence-electron chi connectivity index (χ3n) is 5.09. The first kappa shape index (κ1) is 19.6. The van der Waals surface area contributed by atoms with E-state index in [4.69, 9.17) is 23.7 Å². The van der Waals surface area contributed by atoms with Gasteiger partial charge in [-0.25, -0.2) is 4.79 Å². The molecule has 0 N–H and O–H groups in total. The lowest BCUT2D eigenvalue weighted by molar-refractivity contribution is 0.0562. The van der Waals surface area contributed by atoms with E-state index < -0.39 is 17.8 Å². The molecule has 0 bridgehead atoms. The summed E-state index contributed by atoms with van der Waals surface area (Å²) in [5.41, 5.74) is 0.991. The first-order chi connectivity index (χ1) is 14.5. The molecule has 9 heteroatoms. The van der Waals surface area contributed by atoms with Crippen molar-refractivity contribution in [2.75, 3.05) is 34.7 Å². The van der Waals surface area contributed by atoms with Crippen LogP contribution < -0.4 is 18.9 Å². The molecule has 0 aromatic heterocycles. The lowest BCUT2D eigenvalue weighted by atomic mass is 9.96. The highest BCUT2D eigenvalue weighted by atomic mass is 16.7. The number of hydrogen-bond acceptors (Lipinski definition) is 8. The van der Waals surface area contributed by atoms with E-state index in [0.717, 1.165) is 10.5 Å². The van der Waals surface area contributed by atoms with E-state index in [1.54, 1.807) is 12.1 Å². The van der Waals surface area contributed by atoms with Gasteiger partial charge in [0.05, 0.1) is 26.9 Å². The fraction of sp³-hybridized carbons (Fsp3) is 0.286. The Labute approximate surface area is 172 Å². The van der Waals surface area contributed by atoms with E-state index in [9.17, 15) is 14.4 Å². The van der Waals surface area contributed by atoms with Crippen LogP contribution in [-0.4, -0.2) is 57.4 Å². The van der Waals surface area contributed by atoms with Crippen molar-refractivity contribution in [2.24, 2.45) is 0 Å². The van der Waals surface area contributed by atoms with E-state index >= 15 is 0 Å². The van der Waals surface area contributed by atoms with Gasteiger partial charge in [0.2, 0.25) is 6.79 Å². The zero-order valence-electron chi connectivity index (χ0n) is 16.6. The monoisotopic (exact) mass is 413 g/mol. The van der Waals surface area contributed by atoms with Gasteiger partial charge >= 0.3 is 5.97 Å². The summed E-state index contributed by atoms with van der Waals surface area (Å²) in [7, 11) is 3.97. The zero-order valence-corrected chi connectivity index (χ0v) is 16.6. The molecule has 9 nitrogen and oxygen atoms in total. The Morgan fingerprint density at radius 1 is 1.03 bits per heavy atom. The summed E-state index contributed by atoms with van der Waals surface area (Å²) in [4.78, 5) is 40.0. The van der Waals surface area contributed by atoms with Crippen LogP contribution in [0.3, 0.4) is 0 Å². The van der Waals surface area contributed by atoms with E-state index in [0.29, 0.717) is 23.5 Å². The van der Waals surface area contributed by atoms with Gasteiger partial charge in [-0.3, -0.25) is 14.5 Å². The number of imide groups is 1. The molecule has 156 valence electrons. The third kappa shape index (κ3) is 2.99. The van der Waals surface area contributed by atoms with Crippen molar-refractivity contribution in [3.8, 4) is 23.0 Å². The average Bonchev–Trinajstić information content (AvgIpc) is 3.23. The molecule has 2 aromatic carbocycles. The maximum absolute atomic E-state index is 13.4. The predicted molar refractivity (Wildman–Crippen MR) is 103 cm³/mol. The maximum Gasteiger partial charge on any atom is 0.338 e. The molecular weight excluding hydrogens is 394 g/mol. The third-order valence-corrected chi connectivity index (χ3v) is 5.09. The molecule has 0 atom stereocenters. The van der Waals surface area contributed by atoms with Crippen molar-refractivity contribution in [2.45, 2.75) is 6.42 Å². The Morgan fingerprint density at radius 2 is 1.77 bits per heavy atom. The van der Waals surface area contributed by atoms with Crippen molar-refractivity contribution < 1.29 is 38.1 Å². The number of hydrogen-bond donors (Lipinski definition) is 0. The van der Waals surface area contributed by atoms with Crippen molar-refractivity contribution in [3.05, 3.63) is 46.5 Å². The number of nitrogens with zero attached hydrogens (tertiary/aromatic N) is 1. The minimum Gasteiger partial charge on any atom is -0.493 e. The topological polar surface area (TPSA) is 101 Å². The fourth-order valence-corrected chi connectivity index (χ4v) is 3.62. The number of ether oxygens (including phenoxy) is 5. The molecule has 0 saturated heterocycles. The minimum atomic E-state index is -0.729. The van der Waals surface area contributed by atoms with Crippen LogP contribution in [0.4, 0.5) is 0 Å². The number of rotatable bonds is 4. The smallest absolute Gasteiger partial charge is 0.338 e. The second-order valence-electron chi connectivity index (χ2n) is 6.59. The molecule has 0 radical (unpaired) electrons. The van der Waals surface area contributed by atoms with Crippen LogP contribution >= 0.6 is 0 Å². The number of amides is 2. The maximum atomic E-state index is 13.4. The summed E-state index contributed by atoms with van der Waals surface area (Å²) < 4.78 is 26.1. The molecule has 2 heterocycles. The minimum absolute atomic E-state index is 0.0237. The van der Waals surface area contributed by atoms with Gasteiger partial charge in [-0.15, -0.1) is 0 Å². The van der Waals surface area contributed by atoms with Gasteiger partial charge in [-0.2, -0.15) is 0 Å². The molecule has 2 aliphatic rings. The van der Waals surface area contributed by atoms with Gasteiger partial charge in [0.1, 0.15) is 5.56 Å². The summed E-state index contributed by atoms with van der Waals surface area (Å²) >= 11 is 0. The van der Waals surface area contributed by atoms with Crippen molar-refractivity contribution in [3.63, 3.8) is 0 Å². The van der Waals surface area contributed by atoms with Crippen LogP contribution in [0.1, 0.15) is 36.6 Å². The largest absolute Gasteiger partial charge is 0.493 e. The number of carbonyl (C=O) groups is 3. The quantitative estimate of drug-likeness (QED) is 0.555. The van der Waals surface area contributed by atoms with Gasteiger partial charge in [-0.1, -0.05) is 0 Å². The Morgan fingerprint density at radius 3 is 2.43 bits per heavy atom. The molecule has 0 saturated carbocycles. The molecule has 2 aromatic rings. The van der Waals surface area contributed by atoms with Crippen LogP contribution in [0.25, 0.3) is 0 Å². The van der Waals surface area contributed by atoms with Crippen LogP contribution in [0.5, 0.6) is 23.0 Å². The lowest BCUT2D eigenvalue weighted by Crippen LogP contribution is -2.42. The van der Waals surface area contributed by atoms with Crippen LogP contribution in [0.15, 0.2) is 24.3 Å². The van der Waals surface area contributed by atoms with Crippen molar-refractivity contribution in [1.29, 1.82) is 0 Å². The number of esters is 1. The first-order valence-electron chi connectivity index (χ1n) is 9.12. The van der Waals surface area contributed by atoms with Crippen LogP contribution in [0.2, 0.25) is 0 Å². The Hall–Kier alpha value is -3.75. The van der Waals surface area contributed by atoms with E-state index in [1.165, 1.54) is 33.5 Å². The highest BCUT2D eigenvalue weighted by Crippen LogP contribution is 2.38. The first-order valence-corrected chi connectivity index (χ1v) is 9.12. The molecule has 2 amide bonds. The second-order valence-corrected chi connectivity index (χ2v) is 6.59. The highest BCUT2D eigenvalue weighted by molar-refractivity contribution is 6.16. The highest BCUT2D eigenvalue weighted by Gasteiger charge is 2.36. The molecule has 30 heavy (non-hydrogen) atoms. The summed E-state index contributed by atoms with van der Waals surface area (Å²) in [5.74, 6) is -0.585. The number of benzene rings is 2. The SMILES string of the molecule is COC(=O)c1ccc(OC)c(OC)c1C(=O)N1CCc2cc3c(cc2C1=O)OCO3. The standard InChI is InChI=1S/C21H19NO8/c1-26-14-5-4-12(21(25)28-3)17(18(14)27-2)20(24)22-7-6-11-8-15-16(30-10-29-15)9-13(11)19(22)23/h4-5,8-9H,6-7,10H2,1-3H3. The molecule has 4 rings (SSSR count). The van der Waals surface area contributed by atoms with Crippen LogP contribution in [-0.2, 0) is 11.2 Å². The zero-order chi connectivity index (χ0) is 21.4. The van der Waals surface area contributed by atoms with Crippen LogP contribution in [0, 0.1) is 0 Å². The number of methoxy groups -OCH3 is 3. The molecule has 2 aliphatic heterocycles. The summed E-state index contributed by atoms with van der Waals surface area (Å²) in [5, 5.41) is 0. The normalized spacial score (nSPS) is 14.2. The predicted octanol–water partition coefficient (Wildman–Crippen LogP) is 2.06. The average molecular weight is 413 g/mol. The molecular formula is C21H19NO8. The van der Waals surface area contributed by atoms with Gasteiger partial charge in [0, 0.05) is 12.1 Å². The summed E-state index contributed by atoms with van der Waals surface area (Å²) in [6.45, 7) is 0.212. The molecule has 0 spiro atoms. The van der Waals surface area contributed by atoms with Gasteiger partial charge < -0.3 is 23.7 Å². The van der Waals surface area contributed by atoms with E-state index in [1.807, 2.05) is 0 Å². The fourth-order valence-electron chi connectivity index (χ4n) is 3.62.